The number of rotatable bonds is 3. The number of likely N-dealkylation sites (tertiary alicyclic amines) is 2. The largest absolute Gasteiger partial charge is 0.342 e. The van der Waals surface area contributed by atoms with Crippen molar-refractivity contribution >= 4 is 5.91 Å². The van der Waals surface area contributed by atoms with Crippen LogP contribution in [0.15, 0.2) is 12.7 Å². The fraction of sp³-hybridized carbons (Fsp3) is 0.786. The number of carbonyl (C=O) groups is 1. The van der Waals surface area contributed by atoms with Gasteiger partial charge in [0.15, 0.2) is 0 Å². The monoisotopic (exact) mass is 236 g/mol. The summed E-state index contributed by atoms with van der Waals surface area (Å²) in [5.74, 6) is 0.706. The highest BCUT2D eigenvalue weighted by atomic mass is 16.2. The van der Waals surface area contributed by atoms with Crippen LogP contribution in [0.5, 0.6) is 0 Å². The van der Waals surface area contributed by atoms with Crippen LogP contribution in [0.2, 0.25) is 0 Å². The van der Waals surface area contributed by atoms with Gasteiger partial charge < -0.3 is 4.90 Å². The number of hydrogen-bond donors (Lipinski definition) is 0. The Labute approximate surface area is 104 Å². The van der Waals surface area contributed by atoms with Gasteiger partial charge >= 0.3 is 0 Å². The summed E-state index contributed by atoms with van der Waals surface area (Å²) in [5, 5.41) is 0. The van der Waals surface area contributed by atoms with Crippen molar-refractivity contribution in [3.63, 3.8) is 0 Å². The second kappa shape index (κ2) is 6.20. The third kappa shape index (κ3) is 3.32. The van der Waals surface area contributed by atoms with Crippen LogP contribution in [0.3, 0.4) is 0 Å². The van der Waals surface area contributed by atoms with Crippen LogP contribution < -0.4 is 0 Å². The van der Waals surface area contributed by atoms with Crippen molar-refractivity contribution in [3.05, 3.63) is 12.7 Å². The first-order valence-corrected chi connectivity index (χ1v) is 6.93. The molecule has 0 radical (unpaired) electrons. The summed E-state index contributed by atoms with van der Waals surface area (Å²) in [5.41, 5.74) is 0. The van der Waals surface area contributed by atoms with Gasteiger partial charge in [0.2, 0.25) is 5.91 Å². The third-order valence-electron chi connectivity index (χ3n) is 3.99. The van der Waals surface area contributed by atoms with Crippen LogP contribution in [-0.2, 0) is 4.79 Å². The highest BCUT2D eigenvalue weighted by Gasteiger charge is 2.28. The van der Waals surface area contributed by atoms with Crippen LogP contribution in [0, 0.1) is 5.92 Å². The molecule has 2 heterocycles. The first-order valence-electron chi connectivity index (χ1n) is 6.93. The van der Waals surface area contributed by atoms with Crippen LogP contribution >= 0.6 is 0 Å². The van der Waals surface area contributed by atoms with E-state index in [1.165, 1.54) is 19.3 Å². The van der Waals surface area contributed by atoms with Crippen molar-refractivity contribution < 1.29 is 4.79 Å². The van der Waals surface area contributed by atoms with E-state index in [1.54, 1.807) is 0 Å². The second-order valence-electron chi connectivity index (χ2n) is 5.25. The minimum Gasteiger partial charge on any atom is -0.342 e. The van der Waals surface area contributed by atoms with Crippen LogP contribution in [0.25, 0.3) is 0 Å². The Morgan fingerprint density at radius 3 is 2.35 bits per heavy atom. The van der Waals surface area contributed by atoms with Crippen molar-refractivity contribution in [2.75, 3.05) is 32.7 Å². The van der Waals surface area contributed by atoms with Gasteiger partial charge in [-0.25, -0.2) is 0 Å². The van der Waals surface area contributed by atoms with Gasteiger partial charge in [-0.2, -0.15) is 0 Å². The molecule has 2 saturated heterocycles. The summed E-state index contributed by atoms with van der Waals surface area (Å²) in [7, 11) is 0. The highest BCUT2D eigenvalue weighted by Crippen LogP contribution is 2.21. The molecule has 0 spiro atoms. The van der Waals surface area contributed by atoms with E-state index in [9.17, 15) is 4.79 Å². The first kappa shape index (κ1) is 12.6. The maximum Gasteiger partial charge on any atom is 0.225 e. The number of hydrogen-bond acceptors (Lipinski definition) is 2. The predicted octanol–water partition coefficient (Wildman–Crippen LogP) is 1.90. The molecular formula is C14H24N2O. The number of amides is 1. The van der Waals surface area contributed by atoms with Crippen molar-refractivity contribution in [2.45, 2.75) is 32.1 Å². The fourth-order valence-corrected chi connectivity index (χ4v) is 2.92. The minimum absolute atomic E-state index is 0.286. The number of carbonyl (C=O) groups excluding carboxylic acids is 1. The standard InChI is InChI=1S/C14H24N2O/c1-2-8-15-11-6-13(7-12-15)14(17)16-9-4-3-5-10-16/h2,13H,1,3-12H2. The SMILES string of the molecule is C=CCN1CCC(C(=O)N2CCCCC2)CC1. The average molecular weight is 236 g/mol. The summed E-state index contributed by atoms with van der Waals surface area (Å²) in [6, 6.07) is 0. The maximum atomic E-state index is 12.3. The van der Waals surface area contributed by atoms with Gasteiger partial charge in [-0.3, -0.25) is 9.69 Å². The minimum atomic E-state index is 0.286. The van der Waals surface area contributed by atoms with E-state index in [0.717, 1.165) is 45.6 Å². The number of nitrogens with zero attached hydrogens (tertiary/aromatic N) is 2. The molecule has 2 rings (SSSR count). The molecule has 0 aromatic rings. The molecule has 1 amide bonds. The van der Waals surface area contributed by atoms with Crippen LogP contribution in [0.1, 0.15) is 32.1 Å². The van der Waals surface area contributed by atoms with E-state index < -0.39 is 0 Å². The molecule has 0 aromatic carbocycles. The Morgan fingerprint density at radius 1 is 1.12 bits per heavy atom. The van der Waals surface area contributed by atoms with Crippen LogP contribution in [0.4, 0.5) is 0 Å². The lowest BCUT2D eigenvalue weighted by molar-refractivity contribution is -0.137. The Morgan fingerprint density at radius 2 is 1.76 bits per heavy atom. The molecule has 0 aliphatic carbocycles. The molecular weight excluding hydrogens is 212 g/mol. The Balaban J connectivity index is 1.79. The Kier molecular flexibility index (Phi) is 4.60. The molecule has 17 heavy (non-hydrogen) atoms. The van der Waals surface area contributed by atoms with E-state index in [2.05, 4.69) is 16.4 Å². The van der Waals surface area contributed by atoms with Gasteiger partial charge in [-0.1, -0.05) is 6.08 Å². The van der Waals surface area contributed by atoms with E-state index in [-0.39, 0.29) is 5.92 Å². The summed E-state index contributed by atoms with van der Waals surface area (Å²) < 4.78 is 0. The van der Waals surface area contributed by atoms with E-state index in [1.807, 2.05) is 6.08 Å². The molecule has 2 aliphatic heterocycles. The molecule has 96 valence electrons. The van der Waals surface area contributed by atoms with Gasteiger partial charge in [0, 0.05) is 25.6 Å². The van der Waals surface area contributed by atoms with Crippen LogP contribution in [-0.4, -0.2) is 48.4 Å². The van der Waals surface area contributed by atoms with Crippen molar-refractivity contribution in [1.82, 2.24) is 9.80 Å². The molecule has 3 nitrogen and oxygen atoms in total. The zero-order chi connectivity index (χ0) is 12.1. The lowest BCUT2D eigenvalue weighted by Gasteiger charge is -2.35. The molecule has 0 N–H and O–H groups in total. The normalized spacial score (nSPS) is 23.6. The van der Waals surface area contributed by atoms with Crippen molar-refractivity contribution in [2.24, 2.45) is 5.92 Å². The van der Waals surface area contributed by atoms with Gasteiger partial charge in [-0.15, -0.1) is 6.58 Å². The molecule has 2 fully saturated rings. The fourth-order valence-electron chi connectivity index (χ4n) is 2.92. The smallest absolute Gasteiger partial charge is 0.225 e. The van der Waals surface area contributed by atoms with Crippen molar-refractivity contribution in [1.29, 1.82) is 0 Å². The van der Waals surface area contributed by atoms with Crippen molar-refractivity contribution in [3.8, 4) is 0 Å². The maximum absolute atomic E-state index is 12.3. The van der Waals surface area contributed by atoms with E-state index in [0.29, 0.717) is 5.91 Å². The quantitative estimate of drug-likeness (QED) is 0.699. The Bertz CT molecular complexity index is 263. The molecule has 0 unspecified atom stereocenters. The number of piperidine rings is 2. The zero-order valence-electron chi connectivity index (χ0n) is 10.7. The molecule has 0 atom stereocenters. The summed E-state index contributed by atoms with van der Waals surface area (Å²) in [6.07, 6.45) is 7.70. The average Bonchev–Trinajstić information content (AvgIpc) is 2.40. The van der Waals surface area contributed by atoms with Gasteiger partial charge in [-0.05, 0) is 45.2 Å². The van der Waals surface area contributed by atoms with E-state index in [4.69, 9.17) is 0 Å². The van der Waals surface area contributed by atoms with E-state index >= 15 is 0 Å². The summed E-state index contributed by atoms with van der Waals surface area (Å²) in [4.78, 5) is 16.8. The summed E-state index contributed by atoms with van der Waals surface area (Å²) in [6.45, 7) is 8.82. The summed E-state index contributed by atoms with van der Waals surface area (Å²) >= 11 is 0. The molecule has 0 saturated carbocycles. The highest BCUT2D eigenvalue weighted by molar-refractivity contribution is 5.79. The molecule has 2 aliphatic rings. The molecule has 3 heteroatoms. The lowest BCUT2D eigenvalue weighted by Crippen LogP contribution is -2.44. The van der Waals surface area contributed by atoms with Gasteiger partial charge in [0.05, 0.1) is 0 Å². The lowest BCUT2D eigenvalue weighted by atomic mass is 9.94. The Hall–Kier alpha value is -0.830. The van der Waals surface area contributed by atoms with Gasteiger partial charge in [0.1, 0.15) is 0 Å². The topological polar surface area (TPSA) is 23.6 Å². The zero-order valence-corrected chi connectivity index (χ0v) is 10.7. The molecule has 0 bridgehead atoms. The second-order valence-corrected chi connectivity index (χ2v) is 5.25. The van der Waals surface area contributed by atoms with Gasteiger partial charge in [0.25, 0.3) is 0 Å². The predicted molar refractivity (Wildman–Crippen MR) is 69.8 cm³/mol. The third-order valence-corrected chi connectivity index (χ3v) is 3.99. The first-order chi connectivity index (χ1) is 8.31. The molecule has 0 aromatic heterocycles.